The average molecular weight is 221 g/mol. The standard InChI is InChI=1S/C13H19NO2/c1-9-6-12-13(16-5-3-4-15-12)8-11(9)7-10(2)14/h6,8,10H,3-5,7,14H2,1-2H3. The van der Waals surface area contributed by atoms with Crippen LogP contribution in [0.4, 0.5) is 0 Å². The first-order valence-electron chi connectivity index (χ1n) is 5.81. The van der Waals surface area contributed by atoms with Gasteiger partial charge in [-0.15, -0.1) is 0 Å². The molecule has 0 fully saturated rings. The third-order valence-electron chi connectivity index (χ3n) is 2.75. The molecule has 1 aromatic rings. The number of fused-ring (bicyclic) bond motifs is 1. The van der Waals surface area contributed by atoms with Gasteiger partial charge in [-0.1, -0.05) is 0 Å². The molecule has 1 aliphatic heterocycles. The van der Waals surface area contributed by atoms with E-state index >= 15 is 0 Å². The van der Waals surface area contributed by atoms with Crippen LogP contribution < -0.4 is 15.2 Å². The fourth-order valence-corrected chi connectivity index (χ4v) is 1.92. The van der Waals surface area contributed by atoms with Gasteiger partial charge in [0.1, 0.15) is 0 Å². The Morgan fingerprint density at radius 2 is 1.88 bits per heavy atom. The van der Waals surface area contributed by atoms with E-state index in [1.165, 1.54) is 11.1 Å². The Morgan fingerprint density at radius 1 is 1.25 bits per heavy atom. The van der Waals surface area contributed by atoms with Crippen molar-refractivity contribution in [1.82, 2.24) is 0 Å². The first-order chi connectivity index (χ1) is 7.66. The molecule has 2 rings (SSSR count). The predicted molar refractivity (Wildman–Crippen MR) is 64.1 cm³/mol. The average Bonchev–Trinajstić information content (AvgIpc) is 2.42. The zero-order valence-electron chi connectivity index (χ0n) is 9.95. The quantitative estimate of drug-likeness (QED) is 0.831. The Morgan fingerprint density at radius 3 is 2.50 bits per heavy atom. The van der Waals surface area contributed by atoms with E-state index in [1.54, 1.807) is 0 Å². The van der Waals surface area contributed by atoms with Crippen molar-refractivity contribution >= 4 is 0 Å². The van der Waals surface area contributed by atoms with Gasteiger partial charge in [0.05, 0.1) is 13.2 Å². The molecular weight excluding hydrogens is 202 g/mol. The molecule has 16 heavy (non-hydrogen) atoms. The number of benzene rings is 1. The summed E-state index contributed by atoms with van der Waals surface area (Å²) in [4.78, 5) is 0. The molecule has 1 atom stereocenters. The molecule has 1 heterocycles. The number of hydrogen-bond donors (Lipinski definition) is 1. The van der Waals surface area contributed by atoms with Gasteiger partial charge >= 0.3 is 0 Å². The molecule has 0 bridgehead atoms. The number of hydrogen-bond acceptors (Lipinski definition) is 3. The van der Waals surface area contributed by atoms with Crippen molar-refractivity contribution in [2.24, 2.45) is 5.73 Å². The van der Waals surface area contributed by atoms with Crippen molar-refractivity contribution in [1.29, 1.82) is 0 Å². The monoisotopic (exact) mass is 221 g/mol. The van der Waals surface area contributed by atoms with Crippen molar-refractivity contribution in [2.45, 2.75) is 32.7 Å². The fraction of sp³-hybridized carbons (Fsp3) is 0.538. The van der Waals surface area contributed by atoms with E-state index in [0.717, 1.165) is 37.6 Å². The molecule has 1 unspecified atom stereocenters. The molecular formula is C13H19NO2. The molecule has 0 amide bonds. The Bertz CT molecular complexity index is 374. The maximum atomic E-state index is 5.83. The molecule has 3 heteroatoms. The number of ether oxygens (including phenoxy) is 2. The Hall–Kier alpha value is -1.22. The third-order valence-corrected chi connectivity index (χ3v) is 2.75. The van der Waals surface area contributed by atoms with Crippen LogP contribution in [0.25, 0.3) is 0 Å². The maximum absolute atomic E-state index is 5.83. The van der Waals surface area contributed by atoms with E-state index in [9.17, 15) is 0 Å². The lowest BCUT2D eigenvalue weighted by molar-refractivity contribution is 0.297. The van der Waals surface area contributed by atoms with Crippen molar-refractivity contribution < 1.29 is 9.47 Å². The highest BCUT2D eigenvalue weighted by Gasteiger charge is 2.13. The summed E-state index contributed by atoms with van der Waals surface area (Å²) in [5, 5.41) is 0. The summed E-state index contributed by atoms with van der Waals surface area (Å²) >= 11 is 0. The minimum atomic E-state index is 0.170. The van der Waals surface area contributed by atoms with Gasteiger partial charge in [0.15, 0.2) is 11.5 Å². The second kappa shape index (κ2) is 4.74. The van der Waals surface area contributed by atoms with Crippen LogP contribution in [0.15, 0.2) is 12.1 Å². The first kappa shape index (κ1) is 11.3. The molecule has 0 spiro atoms. The molecule has 0 saturated carbocycles. The first-order valence-corrected chi connectivity index (χ1v) is 5.81. The number of aryl methyl sites for hydroxylation is 1. The predicted octanol–water partition coefficient (Wildman–Crippen LogP) is 2.05. The summed E-state index contributed by atoms with van der Waals surface area (Å²) in [7, 11) is 0. The Kier molecular flexibility index (Phi) is 3.34. The van der Waals surface area contributed by atoms with Gasteiger partial charge in [-0.2, -0.15) is 0 Å². The summed E-state index contributed by atoms with van der Waals surface area (Å²) in [5.74, 6) is 1.72. The Labute approximate surface area is 96.5 Å². The van der Waals surface area contributed by atoms with E-state index < -0.39 is 0 Å². The largest absolute Gasteiger partial charge is 0.490 e. The van der Waals surface area contributed by atoms with Gasteiger partial charge in [-0.05, 0) is 43.5 Å². The fourth-order valence-electron chi connectivity index (χ4n) is 1.92. The summed E-state index contributed by atoms with van der Waals surface area (Å²) in [6, 6.07) is 4.29. The normalized spacial score (nSPS) is 16.7. The molecule has 0 aromatic heterocycles. The molecule has 1 aromatic carbocycles. The molecule has 0 saturated heterocycles. The van der Waals surface area contributed by atoms with Crippen LogP contribution in [0.3, 0.4) is 0 Å². The van der Waals surface area contributed by atoms with Gasteiger partial charge in [0.25, 0.3) is 0 Å². The lowest BCUT2D eigenvalue weighted by Gasteiger charge is -2.13. The summed E-state index contributed by atoms with van der Waals surface area (Å²) < 4.78 is 11.3. The van der Waals surface area contributed by atoms with E-state index in [2.05, 4.69) is 19.1 Å². The van der Waals surface area contributed by atoms with Crippen LogP contribution in [-0.2, 0) is 6.42 Å². The van der Waals surface area contributed by atoms with Crippen LogP contribution in [0.2, 0.25) is 0 Å². The second-order valence-electron chi connectivity index (χ2n) is 4.46. The van der Waals surface area contributed by atoms with Gasteiger partial charge in [-0.25, -0.2) is 0 Å². The summed E-state index contributed by atoms with van der Waals surface area (Å²) in [6.45, 7) is 5.57. The molecule has 0 radical (unpaired) electrons. The topological polar surface area (TPSA) is 44.5 Å². The highest BCUT2D eigenvalue weighted by molar-refractivity contribution is 5.47. The molecule has 88 valence electrons. The van der Waals surface area contributed by atoms with Crippen LogP contribution >= 0.6 is 0 Å². The van der Waals surface area contributed by atoms with Gasteiger partial charge in [0, 0.05) is 12.5 Å². The Balaban J connectivity index is 2.31. The summed E-state index contributed by atoms with van der Waals surface area (Å²) in [5.41, 5.74) is 8.30. The highest BCUT2D eigenvalue weighted by Crippen LogP contribution is 2.32. The number of rotatable bonds is 2. The highest BCUT2D eigenvalue weighted by atomic mass is 16.5. The van der Waals surface area contributed by atoms with Crippen molar-refractivity contribution in [3.05, 3.63) is 23.3 Å². The lowest BCUT2D eigenvalue weighted by Crippen LogP contribution is -2.18. The summed E-state index contributed by atoms with van der Waals surface area (Å²) in [6.07, 6.45) is 1.82. The third kappa shape index (κ3) is 2.47. The van der Waals surface area contributed by atoms with Crippen LogP contribution in [0.1, 0.15) is 24.5 Å². The van der Waals surface area contributed by atoms with Gasteiger partial charge in [-0.3, -0.25) is 0 Å². The molecule has 1 aliphatic rings. The molecule has 2 N–H and O–H groups in total. The van der Waals surface area contributed by atoms with E-state index in [4.69, 9.17) is 15.2 Å². The minimum absolute atomic E-state index is 0.170. The zero-order valence-corrected chi connectivity index (χ0v) is 9.95. The van der Waals surface area contributed by atoms with E-state index in [-0.39, 0.29) is 6.04 Å². The zero-order chi connectivity index (χ0) is 11.5. The van der Waals surface area contributed by atoms with E-state index in [1.807, 2.05) is 6.92 Å². The lowest BCUT2D eigenvalue weighted by atomic mass is 10.0. The van der Waals surface area contributed by atoms with Gasteiger partial charge < -0.3 is 15.2 Å². The van der Waals surface area contributed by atoms with Gasteiger partial charge in [0.2, 0.25) is 0 Å². The molecule has 3 nitrogen and oxygen atoms in total. The van der Waals surface area contributed by atoms with E-state index in [0.29, 0.717) is 0 Å². The molecule has 0 aliphatic carbocycles. The maximum Gasteiger partial charge on any atom is 0.161 e. The van der Waals surface area contributed by atoms with Crippen molar-refractivity contribution in [2.75, 3.05) is 13.2 Å². The SMILES string of the molecule is Cc1cc2c(cc1CC(C)N)OCCCO2. The smallest absolute Gasteiger partial charge is 0.161 e. The second-order valence-corrected chi connectivity index (χ2v) is 4.46. The van der Waals surface area contributed by atoms with Crippen molar-refractivity contribution in [3.8, 4) is 11.5 Å². The van der Waals surface area contributed by atoms with Crippen LogP contribution in [0, 0.1) is 6.92 Å². The van der Waals surface area contributed by atoms with Crippen LogP contribution in [0.5, 0.6) is 11.5 Å². The van der Waals surface area contributed by atoms with Crippen molar-refractivity contribution in [3.63, 3.8) is 0 Å². The van der Waals surface area contributed by atoms with Crippen LogP contribution in [-0.4, -0.2) is 19.3 Å². The minimum Gasteiger partial charge on any atom is -0.490 e. The number of nitrogens with two attached hydrogens (primary N) is 1.